The smallest absolute Gasteiger partial charge is 0.279 e. The maximum absolute atomic E-state index is 12.3. The van der Waals surface area contributed by atoms with E-state index in [4.69, 9.17) is 0 Å². The summed E-state index contributed by atoms with van der Waals surface area (Å²) in [4.78, 5) is 27.6. The van der Waals surface area contributed by atoms with Crippen LogP contribution in [0, 0.1) is 5.92 Å². The molecule has 0 spiro atoms. The Bertz CT molecular complexity index is 552. The predicted molar refractivity (Wildman–Crippen MR) is 96.3 cm³/mol. The average molecular weight is 332 g/mol. The fraction of sp³-hybridized carbons (Fsp3) is 0.579. The molecule has 5 nitrogen and oxygen atoms in total. The molecule has 132 valence electrons. The molecule has 2 N–H and O–H groups in total. The first kappa shape index (κ1) is 18.5. The van der Waals surface area contributed by atoms with Crippen molar-refractivity contribution in [1.29, 1.82) is 0 Å². The normalized spacial score (nSPS) is 20.5. The Morgan fingerprint density at radius 1 is 1.21 bits per heavy atom. The largest absolute Gasteiger partial charge is 0.339 e. The number of amides is 2. The third-order valence-corrected chi connectivity index (χ3v) is 4.74. The van der Waals surface area contributed by atoms with Crippen LogP contribution in [0.5, 0.6) is 0 Å². The van der Waals surface area contributed by atoms with Gasteiger partial charge in [0.25, 0.3) is 11.8 Å². The van der Waals surface area contributed by atoms with Crippen LogP contribution in [0.15, 0.2) is 24.3 Å². The van der Waals surface area contributed by atoms with Gasteiger partial charge in [-0.05, 0) is 51.0 Å². The van der Waals surface area contributed by atoms with E-state index in [9.17, 15) is 9.59 Å². The number of hydrogen-bond acceptors (Lipinski definition) is 2. The first-order chi connectivity index (χ1) is 11.5. The predicted octanol–water partition coefficient (Wildman–Crippen LogP) is 1.42. The summed E-state index contributed by atoms with van der Waals surface area (Å²) in [6, 6.07) is 7.18. The molecule has 24 heavy (non-hydrogen) atoms. The number of rotatable bonds is 6. The van der Waals surface area contributed by atoms with Crippen molar-refractivity contribution in [2.45, 2.75) is 33.6 Å². The van der Waals surface area contributed by atoms with Gasteiger partial charge in [0.15, 0.2) is 6.54 Å². The van der Waals surface area contributed by atoms with E-state index in [-0.39, 0.29) is 11.8 Å². The summed E-state index contributed by atoms with van der Waals surface area (Å²) in [6.07, 6.45) is 2.47. The van der Waals surface area contributed by atoms with E-state index in [1.165, 1.54) is 17.7 Å². The number of quaternary nitrogens is 1. The third-order valence-electron chi connectivity index (χ3n) is 4.74. The summed E-state index contributed by atoms with van der Waals surface area (Å²) in [5, 5.41) is 2.94. The number of benzene rings is 1. The zero-order chi connectivity index (χ0) is 17.5. The Labute approximate surface area is 145 Å². The highest BCUT2D eigenvalue weighted by Gasteiger charge is 2.22. The summed E-state index contributed by atoms with van der Waals surface area (Å²) in [6.45, 7) is 10.3. The SMILES string of the molecule is CCN(CC)C(=O)c1ccc(NC(=O)C[NH+]2CCC[C@H](C)C2)cc1. The molecule has 1 aromatic carbocycles. The highest BCUT2D eigenvalue weighted by atomic mass is 16.2. The maximum atomic E-state index is 12.3. The molecule has 1 saturated heterocycles. The number of hydrogen-bond donors (Lipinski definition) is 2. The van der Waals surface area contributed by atoms with Gasteiger partial charge in [0.05, 0.1) is 13.1 Å². The molecule has 1 aliphatic rings. The first-order valence-corrected chi connectivity index (χ1v) is 9.06. The second kappa shape index (κ2) is 8.83. The minimum Gasteiger partial charge on any atom is -0.339 e. The molecule has 0 bridgehead atoms. The molecule has 5 heteroatoms. The summed E-state index contributed by atoms with van der Waals surface area (Å²) in [5.74, 6) is 0.776. The maximum Gasteiger partial charge on any atom is 0.279 e. The van der Waals surface area contributed by atoms with Crippen LogP contribution < -0.4 is 10.2 Å². The van der Waals surface area contributed by atoms with Crippen molar-refractivity contribution >= 4 is 17.5 Å². The van der Waals surface area contributed by atoms with Crippen LogP contribution in [0.1, 0.15) is 44.0 Å². The van der Waals surface area contributed by atoms with Gasteiger partial charge in [0.1, 0.15) is 0 Å². The van der Waals surface area contributed by atoms with Crippen molar-refractivity contribution in [3.05, 3.63) is 29.8 Å². The van der Waals surface area contributed by atoms with Gasteiger partial charge in [-0.2, -0.15) is 0 Å². The molecule has 2 rings (SSSR count). The lowest BCUT2D eigenvalue weighted by Gasteiger charge is -2.27. The van der Waals surface area contributed by atoms with Crippen molar-refractivity contribution in [1.82, 2.24) is 4.90 Å². The fourth-order valence-corrected chi connectivity index (χ4v) is 3.38. The van der Waals surface area contributed by atoms with E-state index >= 15 is 0 Å². The highest BCUT2D eigenvalue weighted by Crippen LogP contribution is 2.11. The van der Waals surface area contributed by atoms with E-state index < -0.39 is 0 Å². The molecule has 0 aromatic heterocycles. The van der Waals surface area contributed by atoms with Crippen molar-refractivity contribution in [3.63, 3.8) is 0 Å². The molecular weight excluding hydrogens is 302 g/mol. The standard InChI is InChI=1S/C19H29N3O2/c1-4-22(5-2)19(24)16-8-10-17(11-9-16)20-18(23)14-21-12-6-7-15(3)13-21/h8-11,15H,4-7,12-14H2,1-3H3,(H,20,23)/p+1/t15-/m0/s1. The van der Waals surface area contributed by atoms with Crippen molar-refractivity contribution in [3.8, 4) is 0 Å². The van der Waals surface area contributed by atoms with Gasteiger partial charge in [0.2, 0.25) is 0 Å². The van der Waals surface area contributed by atoms with E-state index in [1.807, 2.05) is 26.0 Å². The highest BCUT2D eigenvalue weighted by molar-refractivity contribution is 5.96. The van der Waals surface area contributed by atoms with Gasteiger partial charge in [0, 0.05) is 30.3 Å². The lowest BCUT2D eigenvalue weighted by molar-refractivity contribution is -0.900. The van der Waals surface area contributed by atoms with Crippen LogP contribution in [-0.2, 0) is 4.79 Å². The molecule has 0 saturated carbocycles. The summed E-state index contributed by atoms with van der Waals surface area (Å²) in [5.41, 5.74) is 1.41. The molecule has 0 radical (unpaired) electrons. The van der Waals surface area contributed by atoms with Crippen molar-refractivity contribution in [2.24, 2.45) is 5.92 Å². The van der Waals surface area contributed by atoms with Crippen LogP contribution in [-0.4, -0.2) is 49.4 Å². The summed E-state index contributed by atoms with van der Waals surface area (Å²) >= 11 is 0. The Kier molecular flexibility index (Phi) is 6.79. The number of anilines is 1. The quantitative estimate of drug-likeness (QED) is 0.828. The number of piperidine rings is 1. The molecule has 2 atom stereocenters. The topological polar surface area (TPSA) is 53.9 Å². The zero-order valence-corrected chi connectivity index (χ0v) is 15.1. The van der Waals surface area contributed by atoms with Crippen LogP contribution >= 0.6 is 0 Å². The van der Waals surface area contributed by atoms with Crippen LogP contribution in [0.4, 0.5) is 5.69 Å². The van der Waals surface area contributed by atoms with Gasteiger partial charge < -0.3 is 15.1 Å². The van der Waals surface area contributed by atoms with Crippen molar-refractivity contribution in [2.75, 3.05) is 38.0 Å². The Hall–Kier alpha value is -1.88. The van der Waals surface area contributed by atoms with Gasteiger partial charge in [-0.15, -0.1) is 0 Å². The van der Waals surface area contributed by atoms with E-state index in [1.54, 1.807) is 17.0 Å². The fourth-order valence-electron chi connectivity index (χ4n) is 3.38. The molecular formula is C19H30N3O2+. The monoisotopic (exact) mass is 332 g/mol. The minimum atomic E-state index is 0.0321. The van der Waals surface area contributed by atoms with Crippen molar-refractivity contribution < 1.29 is 14.5 Å². The van der Waals surface area contributed by atoms with Gasteiger partial charge in [-0.1, -0.05) is 6.92 Å². The molecule has 1 aromatic rings. The Morgan fingerprint density at radius 2 is 1.88 bits per heavy atom. The van der Waals surface area contributed by atoms with E-state index in [0.717, 1.165) is 18.8 Å². The second-order valence-corrected chi connectivity index (χ2v) is 6.73. The molecule has 1 heterocycles. The second-order valence-electron chi connectivity index (χ2n) is 6.73. The van der Waals surface area contributed by atoms with Crippen LogP contribution in [0.3, 0.4) is 0 Å². The van der Waals surface area contributed by atoms with Crippen LogP contribution in [0.2, 0.25) is 0 Å². The van der Waals surface area contributed by atoms with E-state index in [0.29, 0.717) is 31.1 Å². The van der Waals surface area contributed by atoms with Gasteiger partial charge in [-0.25, -0.2) is 0 Å². The zero-order valence-electron chi connectivity index (χ0n) is 15.1. The molecule has 1 aliphatic heterocycles. The number of nitrogens with one attached hydrogen (secondary N) is 2. The van der Waals surface area contributed by atoms with E-state index in [2.05, 4.69) is 12.2 Å². The summed E-state index contributed by atoms with van der Waals surface area (Å²) in [7, 11) is 0. The number of carbonyl (C=O) groups is 2. The lowest BCUT2D eigenvalue weighted by atomic mass is 10.0. The number of carbonyl (C=O) groups excluding carboxylic acids is 2. The molecule has 1 fully saturated rings. The number of likely N-dealkylation sites (tertiary alicyclic amines) is 1. The molecule has 1 unspecified atom stereocenters. The Balaban J connectivity index is 1.89. The third kappa shape index (κ3) is 5.06. The van der Waals surface area contributed by atoms with Gasteiger partial charge >= 0.3 is 0 Å². The number of nitrogens with zero attached hydrogens (tertiary/aromatic N) is 1. The molecule has 2 amide bonds. The van der Waals surface area contributed by atoms with Crippen LogP contribution in [0.25, 0.3) is 0 Å². The summed E-state index contributed by atoms with van der Waals surface area (Å²) < 4.78 is 0. The first-order valence-electron chi connectivity index (χ1n) is 9.06. The minimum absolute atomic E-state index is 0.0321. The average Bonchev–Trinajstić information content (AvgIpc) is 2.56. The lowest BCUT2D eigenvalue weighted by Crippen LogP contribution is -3.14. The Morgan fingerprint density at radius 3 is 2.46 bits per heavy atom. The molecule has 0 aliphatic carbocycles. The van der Waals surface area contributed by atoms with Gasteiger partial charge in [-0.3, -0.25) is 9.59 Å².